The lowest BCUT2D eigenvalue weighted by Crippen LogP contribution is -2.47. The van der Waals surface area contributed by atoms with Gasteiger partial charge in [0.1, 0.15) is 16.8 Å². The van der Waals surface area contributed by atoms with Crippen LogP contribution in [0.3, 0.4) is 0 Å². The van der Waals surface area contributed by atoms with E-state index in [4.69, 9.17) is 14.2 Å². The molecule has 0 amide bonds. The Labute approximate surface area is 244 Å². The van der Waals surface area contributed by atoms with Crippen LogP contribution in [0.2, 0.25) is 0 Å². The second-order valence-corrected chi connectivity index (χ2v) is 12.9. The van der Waals surface area contributed by atoms with E-state index in [1.165, 1.54) is 4.90 Å². The molecule has 0 aromatic carbocycles. The topological polar surface area (TPSA) is 163 Å². The second-order valence-electron chi connectivity index (χ2n) is 12.9. The number of hydrogen-bond donors (Lipinski definition) is 2. The number of hydrogen-bond acceptors (Lipinski definition) is 11. The molecule has 0 aliphatic rings. The minimum atomic E-state index is -1.76. The zero-order valence-electron chi connectivity index (χ0n) is 26.4. The van der Waals surface area contributed by atoms with E-state index >= 15 is 0 Å². The fourth-order valence-electron chi connectivity index (χ4n) is 3.61. The molecule has 0 radical (unpaired) electrons. The number of carbonyl (C=O) groups excluding carboxylic acids is 3. The number of likely N-dealkylation sites (N-methyl/N-ethyl adjacent to an activating group) is 1. The van der Waals surface area contributed by atoms with Gasteiger partial charge in [0.2, 0.25) is 0 Å². The Hall–Kier alpha value is -2.77. The van der Waals surface area contributed by atoms with Crippen molar-refractivity contribution in [2.75, 3.05) is 58.9 Å². The summed E-state index contributed by atoms with van der Waals surface area (Å²) in [5, 5.41) is 18.8. The monoisotopic (exact) mass is 589 g/mol. The van der Waals surface area contributed by atoms with Crippen molar-refractivity contribution in [1.29, 1.82) is 0 Å². The molecule has 0 atom stereocenters. The highest BCUT2D eigenvalue weighted by molar-refractivity contribution is 5.93. The van der Waals surface area contributed by atoms with Gasteiger partial charge >= 0.3 is 29.8 Å². The Kier molecular flexibility index (Phi) is 15.5. The average Bonchev–Trinajstić information content (AvgIpc) is 2.73. The van der Waals surface area contributed by atoms with Crippen LogP contribution in [0.1, 0.15) is 69.2 Å². The summed E-state index contributed by atoms with van der Waals surface area (Å²) in [4.78, 5) is 65.6. The zero-order chi connectivity index (χ0) is 32.2. The first-order valence-corrected chi connectivity index (χ1v) is 13.8. The van der Waals surface area contributed by atoms with Crippen LogP contribution < -0.4 is 0 Å². The van der Waals surface area contributed by atoms with Gasteiger partial charge in [0, 0.05) is 32.7 Å². The molecule has 13 nitrogen and oxygen atoms in total. The molecule has 0 spiro atoms. The number of carboxylic acid groups (broad SMARTS) is 2. The molecule has 0 aromatic rings. The summed E-state index contributed by atoms with van der Waals surface area (Å²) in [5.41, 5.74) is -2.13. The molecule has 238 valence electrons. The number of carbonyl (C=O) groups is 5. The Bertz CT molecular complexity index is 873. The minimum Gasteiger partial charge on any atom is -0.481 e. The Morgan fingerprint density at radius 1 is 0.561 bits per heavy atom. The third kappa shape index (κ3) is 19.9. The number of nitrogens with zero attached hydrogens (tertiary/aromatic N) is 3. The molecule has 0 saturated heterocycles. The van der Waals surface area contributed by atoms with Crippen LogP contribution >= 0.6 is 0 Å². The maximum atomic E-state index is 12.7. The van der Waals surface area contributed by atoms with Gasteiger partial charge in [-0.2, -0.15) is 0 Å². The third-order valence-corrected chi connectivity index (χ3v) is 5.27. The van der Waals surface area contributed by atoms with Gasteiger partial charge in [-0.3, -0.25) is 38.7 Å². The lowest BCUT2D eigenvalue weighted by molar-refractivity contribution is -0.161. The van der Waals surface area contributed by atoms with Crippen LogP contribution in [0.4, 0.5) is 0 Å². The summed E-state index contributed by atoms with van der Waals surface area (Å²) >= 11 is 0. The van der Waals surface area contributed by atoms with E-state index in [0.717, 1.165) is 0 Å². The molecule has 0 unspecified atom stereocenters. The highest BCUT2D eigenvalue weighted by atomic mass is 16.6. The van der Waals surface area contributed by atoms with Crippen molar-refractivity contribution in [2.24, 2.45) is 5.92 Å². The number of rotatable bonds is 17. The molecule has 2 N–H and O–H groups in total. The molecule has 0 heterocycles. The van der Waals surface area contributed by atoms with Gasteiger partial charge in [-0.25, -0.2) is 0 Å². The predicted octanol–water partition coefficient (Wildman–Crippen LogP) is 1.72. The normalized spacial score (nSPS) is 12.6. The maximum Gasteiger partial charge on any atom is 0.320 e. The van der Waals surface area contributed by atoms with E-state index in [2.05, 4.69) is 0 Å². The summed E-state index contributed by atoms with van der Waals surface area (Å²) < 4.78 is 16.2. The highest BCUT2D eigenvalue weighted by Crippen LogP contribution is 2.11. The molecule has 0 aliphatic carbocycles. The number of esters is 3. The number of ether oxygens (including phenoxy) is 3. The Morgan fingerprint density at radius 2 is 0.854 bits per heavy atom. The Balaban J connectivity index is 5.74. The van der Waals surface area contributed by atoms with E-state index < -0.39 is 53.1 Å². The van der Waals surface area contributed by atoms with E-state index in [1.54, 1.807) is 67.2 Å². The van der Waals surface area contributed by atoms with Crippen LogP contribution in [0.15, 0.2) is 0 Å². The molecular formula is C28H51N3O10. The number of carboxylic acids is 2. The van der Waals surface area contributed by atoms with Gasteiger partial charge in [-0.1, -0.05) is 6.92 Å². The molecule has 13 heteroatoms. The van der Waals surface area contributed by atoms with E-state index in [0.29, 0.717) is 19.6 Å². The molecule has 0 bridgehead atoms. The largest absolute Gasteiger partial charge is 0.481 e. The van der Waals surface area contributed by atoms with Crippen LogP contribution in [-0.4, -0.2) is 130 Å². The summed E-state index contributed by atoms with van der Waals surface area (Å²) in [7, 11) is 0. The summed E-state index contributed by atoms with van der Waals surface area (Å²) in [6.07, 6.45) is 0. The van der Waals surface area contributed by atoms with Crippen LogP contribution in [0.25, 0.3) is 0 Å². The van der Waals surface area contributed by atoms with Gasteiger partial charge in [0.25, 0.3) is 0 Å². The Morgan fingerprint density at radius 3 is 1.17 bits per heavy atom. The minimum absolute atomic E-state index is 0.0533. The van der Waals surface area contributed by atoms with Crippen LogP contribution in [0, 0.1) is 5.92 Å². The molecule has 0 aliphatic heterocycles. The molecule has 0 saturated carbocycles. The maximum absolute atomic E-state index is 12.7. The molecule has 41 heavy (non-hydrogen) atoms. The van der Waals surface area contributed by atoms with Gasteiger partial charge in [-0.05, 0) is 68.9 Å². The first-order chi connectivity index (χ1) is 18.5. The molecule has 0 fully saturated rings. The van der Waals surface area contributed by atoms with Gasteiger partial charge < -0.3 is 24.4 Å². The van der Waals surface area contributed by atoms with Crippen molar-refractivity contribution in [2.45, 2.75) is 86.0 Å². The van der Waals surface area contributed by atoms with Crippen molar-refractivity contribution in [3.8, 4) is 0 Å². The zero-order valence-corrected chi connectivity index (χ0v) is 26.4. The van der Waals surface area contributed by atoms with Crippen molar-refractivity contribution in [3.05, 3.63) is 0 Å². The average molecular weight is 590 g/mol. The standard InChI is InChI=1S/C28H51N3O10/c1-11-29(17-21(32)39-26(2,3)4)12-13-30(18-22(33)40-27(5,6)7)14-15-31(16-20(24(35)36)25(37)38)19-23(34)41-28(8,9)10/h20H,11-19H2,1-10H3,(H,35,36)(H,37,38). The number of aliphatic carboxylic acids is 2. The van der Waals surface area contributed by atoms with Crippen molar-refractivity contribution in [3.63, 3.8) is 0 Å². The van der Waals surface area contributed by atoms with Crippen molar-refractivity contribution in [1.82, 2.24) is 14.7 Å². The lowest BCUT2D eigenvalue weighted by Gasteiger charge is -2.31. The lowest BCUT2D eigenvalue weighted by atomic mass is 10.1. The second kappa shape index (κ2) is 16.6. The fraction of sp³-hybridized carbons (Fsp3) is 0.821. The quantitative estimate of drug-likeness (QED) is 0.143. The first kappa shape index (κ1) is 38.2. The molecular weight excluding hydrogens is 538 g/mol. The van der Waals surface area contributed by atoms with E-state index in [-0.39, 0.29) is 38.7 Å². The third-order valence-electron chi connectivity index (χ3n) is 5.27. The van der Waals surface area contributed by atoms with Gasteiger partial charge in [-0.15, -0.1) is 0 Å². The smallest absolute Gasteiger partial charge is 0.320 e. The molecule has 0 aromatic heterocycles. The van der Waals surface area contributed by atoms with Crippen molar-refractivity contribution >= 4 is 29.8 Å². The fourth-order valence-corrected chi connectivity index (χ4v) is 3.61. The van der Waals surface area contributed by atoms with E-state index in [1.807, 2.05) is 11.8 Å². The SMILES string of the molecule is CCN(CCN(CCN(CC(=O)OC(C)(C)C)CC(C(=O)O)C(=O)O)CC(=O)OC(C)(C)C)CC(=O)OC(C)(C)C. The van der Waals surface area contributed by atoms with E-state index in [9.17, 15) is 34.2 Å². The predicted molar refractivity (Wildman–Crippen MR) is 151 cm³/mol. The highest BCUT2D eigenvalue weighted by Gasteiger charge is 2.30. The summed E-state index contributed by atoms with van der Waals surface area (Å²) in [5.74, 6) is -6.33. The summed E-state index contributed by atoms with van der Waals surface area (Å²) in [6.45, 7) is 18.2. The van der Waals surface area contributed by atoms with Crippen LogP contribution in [-0.2, 0) is 38.2 Å². The van der Waals surface area contributed by atoms with Gasteiger partial charge in [0.05, 0.1) is 19.6 Å². The van der Waals surface area contributed by atoms with Gasteiger partial charge in [0.15, 0.2) is 5.92 Å². The first-order valence-electron chi connectivity index (χ1n) is 13.8. The van der Waals surface area contributed by atoms with Crippen LogP contribution in [0.5, 0.6) is 0 Å². The summed E-state index contributed by atoms with van der Waals surface area (Å²) in [6, 6.07) is 0. The van der Waals surface area contributed by atoms with Crippen molar-refractivity contribution < 1.29 is 48.4 Å². The molecule has 0 rings (SSSR count).